The molecular formula is C31H50N2O5. The lowest BCUT2D eigenvalue weighted by Gasteiger charge is -2.55. The molecule has 0 radical (unpaired) electrons. The van der Waals surface area contributed by atoms with Gasteiger partial charge in [-0.25, -0.2) is 0 Å². The third-order valence-electron chi connectivity index (χ3n) is 9.48. The van der Waals surface area contributed by atoms with Crippen LogP contribution in [0.25, 0.3) is 0 Å². The standard InChI is InChI=1S/C31H50N2O5/c1-20(2)25(13-21-6-7-28(37-4)29(14-21)38-9-5-8-36-3)15-26(32)27(34)19-33-30(35)31-16-22-10-23(17-31)12-24(11-22)18-31/h6-7,14,20,22-27,34H,5,8-13,15-19,32H2,1-4H3,(H,33,35). The van der Waals surface area contributed by atoms with Crippen molar-refractivity contribution in [1.82, 2.24) is 5.32 Å². The second kappa shape index (κ2) is 13.0. The molecule has 1 aromatic carbocycles. The number of aliphatic hydroxyl groups excluding tert-OH is 1. The van der Waals surface area contributed by atoms with Crippen LogP contribution < -0.4 is 20.5 Å². The van der Waals surface area contributed by atoms with Crippen molar-refractivity contribution in [3.05, 3.63) is 23.8 Å². The molecule has 7 heteroatoms. The van der Waals surface area contributed by atoms with Gasteiger partial charge in [0.15, 0.2) is 11.5 Å². The van der Waals surface area contributed by atoms with Gasteiger partial charge in [-0.1, -0.05) is 19.9 Å². The summed E-state index contributed by atoms with van der Waals surface area (Å²) in [5, 5.41) is 14.0. The maximum absolute atomic E-state index is 13.3. The average Bonchev–Trinajstić information content (AvgIpc) is 2.88. The first kappa shape index (κ1) is 29.2. The minimum atomic E-state index is -0.760. The van der Waals surface area contributed by atoms with Gasteiger partial charge in [-0.2, -0.15) is 0 Å². The van der Waals surface area contributed by atoms with E-state index >= 15 is 0 Å². The molecule has 4 aliphatic carbocycles. The summed E-state index contributed by atoms with van der Waals surface area (Å²) in [5.74, 6) is 4.45. The van der Waals surface area contributed by atoms with E-state index in [1.54, 1.807) is 14.2 Å². The van der Waals surface area contributed by atoms with Crippen LogP contribution in [0, 0.1) is 35.0 Å². The summed E-state index contributed by atoms with van der Waals surface area (Å²) in [6.07, 6.45) is 8.59. The first-order valence-electron chi connectivity index (χ1n) is 14.7. The van der Waals surface area contributed by atoms with E-state index in [1.807, 2.05) is 6.07 Å². The topological polar surface area (TPSA) is 103 Å². The van der Waals surface area contributed by atoms with E-state index in [4.69, 9.17) is 19.9 Å². The number of carbonyl (C=O) groups excluding carboxylic acids is 1. The van der Waals surface area contributed by atoms with E-state index in [0.717, 1.165) is 61.2 Å². The van der Waals surface area contributed by atoms with Crippen LogP contribution in [0.2, 0.25) is 0 Å². The van der Waals surface area contributed by atoms with Crippen LogP contribution in [-0.4, -0.2) is 57.1 Å². The minimum Gasteiger partial charge on any atom is -0.493 e. The highest BCUT2D eigenvalue weighted by Gasteiger charge is 2.54. The summed E-state index contributed by atoms with van der Waals surface area (Å²) < 4.78 is 16.6. The lowest BCUT2D eigenvalue weighted by atomic mass is 9.49. The van der Waals surface area contributed by atoms with E-state index in [1.165, 1.54) is 19.3 Å². The monoisotopic (exact) mass is 530 g/mol. The Morgan fingerprint density at radius 1 is 1.08 bits per heavy atom. The van der Waals surface area contributed by atoms with Gasteiger partial charge in [0.25, 0.3) is 0 Å². The molecule has 0 aliphatic heterocycles. The quantitative estimate of drug-likeness (QED) is 0.292. The number of benzene rings is 1. The van der Waals surface area contributed by atoms with Gasteiger partial charge in [-0.15, -0.1) is 0 Å². The van der Waals surface area contributed by atoms with Gasteiger partial charge < -0.3 is 30.4 Å². The first-order valence-corrected chi connectivity index (χ1v) is 14.7. The first-order chi connectivity index (χ1) is 18.2. The summed E-state index contributed by atoms with van der Waals surface area (Å²) in [7, 11) is 3.34. The van der Waals surface area contributed by atoms with Gasteiger partial charge in [0.2, 0.25) is 5.91 Å². The zero-order chi connectivity index (χ0) is 27.3. The Kier molecular flexibility index (Phi) is 9.99. The Hall–Kier alpha value is -1.83. The van der Waals surface area contributed by atoms with Gasteiger partial charge in [0.05, 0.1) is 19.8 Å². The van der Waals surface area contributed by atoms with Crippen LogP contribution in [-0.2, 0) is 16.0 Å². The van der Waals surface area contributed by atoms with Gasteiger partial charge >= 0.3 is 0 Å². The Balaban J connectivity index is 1.30. The molecule has 7 nitrogen and oxygen atoms in total. The van der Waals surface area contributed by atoms with E-state index < -0.39 is 12.1 Å². The molecule has 4 aliphatic rings. The number of methoxy groups -OCH3 is 2. The maximum atomic E-state index is 13.3. The van der Waals surface area contributed by atoms with Gasteiger partial charge in [-0.3, -0.25) is 4.79 Å². The summed E-state index contributed by atoms with van der Waals surface area (Å²) in [4.78, 5) is 13.3. The third-order valence-corrected chi connectivity index (χ3v) is 9.48. The molecule has 0 saturated heterocycles. The van der Waals surface area contributed by atoms with Gasteiger partial charge in [0, 0.05) is 38.1 Å². The van der Waals surface area contributed by atoms with Crippen molar-refractivity contribution in [2.45, 2.75) is 83.8 Å². The lowest BCUT2D eigenvalue weighted by molar-refractivity contribution is -0.146. The zero-order valence-electron chi connectivity index (χ0n) is 23.9. The van der Waals surface area contributed by atoms with Crippen LogP contribution >= 0.6 is 0 Å². The zero-order valence-corrected chi connectivity index (χ0v) is 23.9. The number of hydrogen-bond donors (Lipinski definition) is 3. The molecule has 4 bridgehead atoms. The smallest absolute Gasteiger partial charge is 0.226 e. The second-order valence-corrected chi connectivity index (χ2v) is 12.8. The molecule has 4 fully saturated rings. The Labute approximate surface area is 229 Å². The van der Waals surface area contributed by atoms with Crippen molar-refractivity contribution in [2.24, 2.45) is 40.7 Å². The van der Waals surface area contributed by atoms with E-state index in [9.17, 15) is 9.90 Å². The SMILES string of the molecule is COCCCOc1cc(CC(CC(N)C(O)CNC(=O)C23CC4CC(CC(C4)C2)C3)C(C)C)ccc1OC. The number of rotatable bonds is 15. The fourth-order valence-corrected chi connectivity index (χ4v) is 7.67. The third kappa shape index (κ3) is 7.02. The summed E-state index contributed by atoms with van der Waals surface area (Å²) in [6.45, 7) is 5.84. The highest BCUT2D eigenvalue weighted by molar-refractivity contribution is 5.83. The molecule has 4 saturated carbocycles. The molecule has 0 heterocycles. The highest BCUT2D eigenvalue weighted by atomic mass is 16.5. The molecule has 0 spiro atoms. The van der Waals surface area contributed by atoms with Crippen molar-refractivity contribution in [2.75, 3.05) is 34.0 Å². The molecule has 4 N–H and O–H groups in total. The second-order valence-electron chi connectivity index (χ2n) is 12.8. The Morgan fingerprint density at radius 2 is 1.74 bits per heavy atom. The fourth-order valence-electron chi connectivity index (χ4n) is 7.67. The summed E-state index contributed by atoms with van der Waals surface area (Å²) in [5.41, 5.74) is 7.47. The van der Waals surface area contributed by atoms with Crippen LogP contribution in [0.4, 0.5) is 0 Å². The van der Waals surface area contributed by atoms with Crippen LogP contribution in [0.5, 0.6) is 11.5 Å². The highest BCUT2D eigenvalue weighted by Crippen LogP contribution is 2.60. The number of aliphatic hydroxyl groups is 1. The fraction of sp³-hybridized carbons (Fsp3) is 0.774. The predicted molar refractivity (Wildman–Crippen MR) is 149 cm³/mol. The normalized spacial score (nSPS) is 28.2. The van der Waals surface area contributed by atoms with Crippen molar-refractivity contribution in [3.63, 3.8) is 0 Å². The molecule has 38 heavy (non-hydrogen) atoms. The number of nitrogens with two attached hydrogens (primary N) is 1. The Morgan fingerprint density at radius 3 is 2.32 bits per heavy atom. The van der Waals surface area contributed by atoms with Gasteiger partial charge in [-0.05, 0) is 98.7 Å². The molecule has 1 amide bonds. The van der Waals surface area contributed by atoms with Gasteiger partial charge in [0.1, 0.15) is 0 Å². The van der Waals surface area contributed by atoms with Crippen molar-refractivity contribution >= 4 is 5.91 Å². The van der Waals surface area contributed by atoms with E-state index in [0.29, 0.717) is 31.3 Å². The molecule has 1 aromatic rings. The average molecular weight is 531 g/mol. The van der Waals surface area contributed by atoms with Crippen molar-refractivity contribution in [3.8, 4) is 11.5 Å². The number of ether oxygens (including phenoxy) is 3. The molecular weight excluding hydrogens is 480 g/mol. The number of carbonyl (C=O) groups is 1. The lowest BCUT2D eigenvalue weighted by Crippen LogP contribution is -2.55. The van der Waals surface area contributed by atoms with Crippen LogP contribution in [0.15, 0.2) is 18.2 Å². The number of hydrogen-bond acceptors (Lipinski definition) is 6. The Bertz CT molecular complexity index is 884. The molecule has 214 valence electrons. The predicted octanol–water partition coefficient (Wildman–Crippen LogP) is 4.34. The molecule has 3 unspecified atom stereocenters. The van der Waals surface area contributed by atoms with E-state index in [-0.39, 0.29) is 23.8 Å². The number of amides is 1. The van der Waals surface area contributed by atoms with Crippen molar-refractivity contribution in [1.29, 1.82) is 0 Å². The number of nitrogens with one attached hydrogen (secondary N) is 1. The van der Waals surface area contributed by atoms with E-state index in [2.05, 4.69) is 31.3 Å². The molecule has 5 rings (SSSR count). The minimum absolute atomic E-state index is 0.152. The summed E-state index contributed by atoms with van der Waals surface area (Å²) in [6, 6.07) is 5.67. The summed E-state index contributed by atoms with van der Waals surface area (Å²) >= 11 is 0. The largest absolute Gasteiger partial charge is 0.493 e. The maximum Gasteiger partial charge on any atom is 0.226 e. The van der Waals surface area contributed by atoms with Crippen LogP contribution in [0.1, 0.15) is 70.8 Å². The molecule has 0 aromatic heterocycles. The van der Waals surface area contributed by atoms with Crippen molar-refractivity contribution < 1.29 is 24.1 Å². The molecule has 3 atom stereocenters. The van der Waals surface area contributed by atoms with Crippen LogP contribution in [0.3, 0.4) is 0 Å².